The van der Waals surface area contributed by atoms with Crippen molar-refractivity contribution in [2.45, 2.75) is 32.4 Å². The number of benzene rings is 1. The second kappa shape index (κ2) is 8.63. The maximum absolute atomic E-state index is 12.1. The highest BCUT2D eigenvalue weighted by Crippen LogP contribution is 2.32. The minimum atomic E-state index is -3.21. The van der Waals surface area contributed by atoms with Crippen LogP contribution in [0, 0.1) is 5.92 Å². The lowest BCUT2D eigenvalue weighted by Gasteiger charge is -2.16. The van der Waals surface area contributed by atoms with E-state index >= 15 is 0 Å². The Hall–Kier alpha value is -1.15. The number of rotatable bonds is 8. The van der Waals surface area contributed by atoms with Crippen LogP contribution in [0.25, 0.3) is 0 Å². The number of hydrogen-bond donors (Lipinski definition) is 3. The second-order valence-corrected chi connectivity index (χ2v) is 7.67. The van der Waals surface area contributed by atoms with Crippen molar-refractivity contribution in [3.05, 3.63) is 35.4 Å². The van der Waals surface area contributed by atoms with Crippen molar-refractivity contribution < 1.29 is 13.2 Å². The third-order valence-corrected chi connectivity index (χ3v) is 5.20. The number of amides is 1. The lowest BCUT2D eigenvalue weighted by Crippen LogP contribution is -2.41. The van der Waals surface area contributed by atoms with E-state index in [9.17, 15) is 13.2 Å². The molecule has 6 nitrogen and oxygen atoms in total. The molecule has 1 saturated carbocycles. The van der Waals surface area contributed by atoms with Crippen LogP contribution in [0.1, 0.15) is 35.7 Å². The first-order chi connectivity index (χ1) is 10.4. The molecule has 1 aliphatic carbocycles. The molecule has 0 radical (unpaired) electrons. The summed E-state index contributed by atoms with van der Waals surface area (Å²) in [5.41, 5.74) is 7.05. The van der Waals surface area contributed by atoms with Gasteiger partial charge in [-0.25, -0.2) is 13.1 Å². The van der Waals surface area contributed by atoms with Crippen LogP contribution in [0.4, 0.5) is 0 Å². The highest BCUT2D eigenvalue weighted by atomic mass is 35.5. The summed E-state index contributed by atoms with van der Waals surface area (Å²) in [5, 5.41) is 2.95. The van der Waals surface area contributed by atoms with Gasteiger partial charge in [0.25, 0.3) is 5.91 Å². The van der Waals surface area contributed by atoms with E-state index in [0.717, 1.165) is 18.4 Å². The zero-order valence-corrected chi connectivity index (χ0v) is 14.8. The van der Waals surface area contributed by atoms with E-state index in [1.165, 1.54) is 0 Å². The van der Waals surface area contributed by atoms with Crippen molar-refractivity contribution in [3.8, 4) is 0 Å². The van der Waals surface area contributed by atoms with E-state index in [4.69, 9.17) is 5.73 Å². The molecular weight excluding hydrogens is 338 g/mol. The van der Waals surface area contributed by atoms with Crippen LogP contribution in [0.5, 0.6) is 0 Å². The van der Waals surface area contributed by atoms with Gasteiger partial charge < -0.3 is 11.1 Å². The van der Waals surface area contributed by atoms with Crippen molar-refractivity contribution in [2.24, 2.45) is 11.7 Å². The fraction of sp³-hybridized carbons (Fsp3) is 0.533. The van der Waals surface area contributed by atoms with E-state index in [1.54, 1.807) is 31.2 Å². The molecule has 130 valence electrons. The van der Waals surface area contributed by atoms with Gasteiger partial charge in [-0.15, -0.1) is 12.4 Å². The van der Waals surface area contributed by atoms with Crippen LogP contribution >= 0.6 is 12.4 Å². The van der Waals surface area contributed by atoms with Gasteiger partial charge in [-0.05, 0) is 43.4 Å². The van der Waals surface area contributed by atoms with Crippen LogP contribution in [0.15, 0.2) is 24.3 Å². The molecule has 23 heavy (non-hydrogen) atoms. The Balaban J connectivity index is 0.00000264. The van der Waals surface area contributed by atoms with Crippen LogP contribution in [-0.2, 0) is 16.6 Å². The number of nitrogens with two attached hydrogens (primary N) is 1. The molecule has 1 amide bonds. The zero-order valence-electron chi connectivity index (χ0n) is 13.1. The third-order valence-electron chi connectivity index (χ3n) is 3.85. The predicted octanol–water partition coefficient (Wildman–Crippen LogP) is 1.01. The van der Waals surface area contributed by atoms with Gasteiger partial charge in [-0.1, -0.05) is 12.1 Å². The lowest BCUT2D eigenvalue weighted by atomic mass is 10.1. The van der Waals surface area contributed by atoms with Gasteiger partial charge in [0.15, 0.2) is 0 Å². The number of halogens is 1. The van der Waals surface area contributed by atoms with E-state index in [2.05, 4.69) is 10.0 Å². The van der Waals surface area contributed by atoms with E-state index in [1.807, 2.05) is 0 Å². The maximum Gasteiger partial charge on any atom is 0.251 e. The van der Waals surface area contributed by atoms with E-state index in [0.29, 0.717) is 18.0 Å². The molecule has 8 heteroatoms. The summed E-state index contributed by atoms with van der Waals surface area (Å²) >= 11 is 0. The highest BCUT2D eigenvalue weighted by Gasteiger charge is 2.31. The van der Waals surface area contributed by atoms with Crippen LogP contribution in [0.2, 0.25) is 0 Å². The van der Waals surface area contributed by atoms with Crippen LogP contribution in [0.3, 0.4) is 0 Å². The summed E-state index contributed by atoms with van der Waals surface area (Å²) in [6.45, 7) is 2.27. The lowest BCUT2D eigenvalue weighted by molar-refractivity contribution is 0.0933. The highest BCUT2D eigenvalue weighted by molar-refractivity contribution is 7.89. The maximum atomic E-state index is 12.1. The summed E-state index contributed by atoms with van der Waals surface area (Å²) in [4.78, 5) is 12.1. The number of sulfonamides is 1. The molecule has 1 atom stereocenters. The monoisotopic (exact) mass is 361 g/mol. The molecule has 0 aliphatic heterocycles. The first-order valence-electron chi connectivity index (χ1n) is 7.52. The molecule has 2 rings (SSSR count). The van der Waals surface area contributed by atoms with Gasteiger partial charge in [0, 0.05) is 24.7 Å². The summed E-state index contributed by atoms with van der Waals surface area (Å²) in [6, 6.07) is 6.95. The van der Waals surface area contributed by atoms with Gasteiger partial charge >= 0.3 is 0 Å². The summed E-state index contributed by atoms with van der Waals surface area (Å²) in [7, 11) is -3.21. The Kier molecular flexibility index (Phi) is 7.47. The first-order valence-corrected chi connectivity index (χ1v) is 9.17. The van der Waals surface area contributed by atoms with E-state index in [-0.39, 0.29) is 36.7 Å². The number of carbonyl (C=O) groups is 1. The van der Waals surface area contributed by atoms with Gasteiger partial charge in [-0.3, -0.25) is 4.79 Å². The molecule has 1 aromatic carbocycles. The van der Waals surface area contributed by atoms with Gasteiger partial charge in [-0.2, -0.15) is 0 Å². The van der Waals surface area contributed by atoms with Gasteiger partial charge in [0.05, 0.1) is 5.75 Å². The Morgan fingerprint density at radius 3 is 2.39 bits per heavy atom. The zero-order chi connectivity index (χ0) is 16.2. The summed E-state index contributed by atoms with van der Waals surface area (Å²) < 4.78 is 25.3. The molecule has 0 saturated heterocycles. The molecule has 1 aromatic rings. The topological polar surface area (TPSA) is 101 Å². The average molecular weight is 362 g/mol. The van der Waals surface area contributed by atoms with Crippen molar-refractivity contribution in [3.63, 3.8) is 0 Å². The standard InChI is InChI=1S/C15H23N3O3S.ClH/c1-2-22(20,21)17-10-11-3-5-13(6-4-11)15(19)18-14(9-16)12-7-8-12;/h3-6,12,14,17H,2,7-10,16H2,1H3,(H,18,19);1H. The fourth-order valence-corrected chi connectivity index (χ4v) is 2.78. The molecule has 0 bridgehead atoms. The number of nitrogens with one attached hydrogen (secondary N) is 2. The molecule has 0 heterocycles. The Morgan fingerprint density at radius 2 is 1.91 bits per heavy atom. The molecule has 4 N–H and O–H groups in total. The second-order valence-electron chi connectivity index (χ2n) is 5.57. The first kappa shape index (κ1) is 19.9. The Bertz CT molecular complexity index is 615. The minimum absolute atomic E-state index is 0. The van der Waals surface area contributed by atoms with Crippen molar-refractivity contribution in [2.75, 3.05) is 12.3 Å². The summed E-state index contributed by atoms with van der Waals surface area (Å²) in [5.74, 6) is 0.425. The molecule has 0 aromatic heterocycles. The van der Waals surface area contributed by atoms with Crippen LogP contribution in [-0.4, -0.2) is 32.7 Å². The predicted molar refractivity (Wildman–Crippen MR) is 93.0 cm³/mol. The quantitative estimate of drug-likeness (QED) is 0.643. The molecular formula is C15H24ClN3O3S. The summed E-state index contributed by atoms with van der Waals surface area (Å²) in [6.07, 6.45) is 2.25. The van der Waals surface area contributed by atoms with Crippen molar-refractivity contribution in [1.82, 2.24) is 10.0 Å². The average Bonchev–Trinajstić information content (AvgIpc) is 3.36. The number of hydrogen-bond acceptors (Lipinski definition) is 4. The smallest absolute Gasteiger partial charge is 0.251 e. The normalized spacial score (nSPS) is 15.6. The van der Waals surface area contributed by atoms with E-state index < -0.39 is 10.0 Å². The van der Waals surface area contributed by atoms with Crippen molar-refractivity contribution >= 4 is 28.3 Å². The Labute approximate surface area is 143 Å². The van der Waals surface area contributed by atoms with Crippen molar-refractivity contribution in [1.29, 1.82) is 0 Å². The van der Waals surface area contributed by atoms with Gasteiger partial charge in [0.2, 0.25) is 10.0 Å². The van der Waals surface area contributed by atoms with Crippen LogP contribution < -0.4 is 15.8 Å². The minimum Gasteiger partial charge on any atom is -0.348 e. The molecule has 1 aliphatic rings. The SMILES string of the molecule is CCS(=O)(=O)NCc1ccc(C(=O)NC(CN)C2CC2)cc1.Cl. The fourth-order valence-electron chi connectivity index (χ4n) is 2.19. The number of carbonyl (C=O) groups excluding carboxylic acids is 1. The molecule has 1 fully saturated rings. The Morgan fingerprint density at radius 1 is 1.30 bits per heavy atom. The van der Waals surface area contributed by atoms with Gasteiger partial charge in [0.1, 0.15) is 0 Å². The third kappa shape index (κ3) is 6.10. The molecule has 0 spiro atoms. The molecule has 1 unspecified atom stereocenters. The largest absolute Gasteiger partial charge is 0.348 e.